The average molecular weight is 357 g/mol. The first-order valence-corrected chi connectivity index (χ1v) is 8.00. The molecule has 2 rings (SSSR count). The minimum absolute atomic E-state index is 0.218. The smallest absolute Gasteiger partial charge is 0.244 e. The van der Waals surface area contributed by atoms with Crippen molar-refractivity contribution < 1.29 is 23.7 Å². The molecule has 0 spiro atoms. The predicted octanol–water partition coefficient (Wildman–Crippen LogP) is 3.05. The number of amides is 1. The molecule has 2 aromatic carbocycles. The Bertz CT molecular complexity index is 786. The molecule has 0 aromatic heterocycles. The normalized spacial score (nSPS) is 10.5. The Kier molecular flexibility index (Phi) is 6.91. The van der Waals surface area contributed by atoms with Gasteiger partial charge in [0.15, 0.2) is 11.5 Å². The molecule has 6 nitrogen and oxygen atoms in total. The van der Waals surface area contributed by atoms with Gasteiger partial charge in [0, 0.05) is 24.3 Å². The maximum absolute atomic E-state index is 12.1. The van der Waals surface area contributed by atoms with Crippen LogP contribution in [0, 0.1) is 0 Å². The fraction of sp³-hybridized carbons (Fsp3) is 0.250. The van der Waals surface area contributed by atoms with Gasteiger partial charge in [-0.05, 0) is 29.8 Å². The van der Waals surface area contributed by atoms with Gasteiger partial charge >= 0.3 is 0 Å². The van der Waals surface area contributed by atoms with E-state index in [9.17, 15) is 4.79 Å². The highest BCUT2D eigenvalue weighted by molar-refractivity contribution is 5.91. The number of hydrogen-bond acceptors (Lipinski definition) is 5. The van der Waals surface area contributed by atoms with Crippen molar-refractivity contribution in [2.45, 2.75) is 6.54 Å². The third-order valence-corrected chi connectivity index (χ3v) is 3.76. The quantitative estimate of drug-likeness (QED) is 0.736. The molecular weight excluding hydrogens is 334 g/mol. The second-order valence-corrected chi connectivity index (χ2v) is 5.35. The van der Waals surface area contributed by atoms with Crippen molar-refractivity contribution in [3.8, 4) is 23.0 Å². The van der Waals surface area contributed by atoms with Crippen LogP contribution in [-0.4, -0.2) is 34.3 Å². The maximum atomic E-state index is 12.1. The molecule has 0 aliphatic heterocycles. The van der Waals surface area contributed by atoms with E-state index in [0.29, 0.717) is 23.8 Å². The summed E-state index contributed by atoms with van der Waals surface area (Å²) in [4.78, 5) is 12.1. The Hall–Kier alpha value is -3.15. The molecule has 0 aliphatic rings. The van der Waals surface area contributed by atoms with Crippen LogP contribution in [-0.2, 0) is 11.3 Å². The summed E-state index contributed by atoms with van der Waals surface area (Å²) in [7, 11) is 6.28. The monoisotopic (exact) mass is 357 g/mol. The lowest BCUT2D eigenvalue weighted by Gasteiger charge is -2.14. The number of methoxy groups -OCH3 is 4. The molecule has 6 heteroatoms. The van der Waals surface area contributed by atoms with Gasteiger partial charge in [-0.15, -0.1) is 0 Å². The summed E-state index contributed by atoms with van der Waals surface area (Å²) < 4.78 is 21.1. The molecule has 2 aromatic rings. The van der Waals surface area contributed by atoms with Crippen LogP contribution in [0.2, 0.25) is 0 Å². The Balaban J connectivity index is 2.05. The zero-order valence-corrected chi connectivity index (χ0v) is 15.4. The molecule has 0 unspecified atom stereocenters. The minimum atomic E-state index is -0.218. The molecule has 0 atom stereocenters. The summed E-state index contributed by atoms with van der Waals surface area (Å²) in [5.41, 5.74) is 1.66. The molecule has 0 heterocycles. The van der Waals surface area contributed by atoms with Gasteiger partial charge in [0.1, 0.15) is 11.5 Å². The van der Waals surface area contributed by atoms with Gasteiger partial charge in [-0.25, -0.2) is 0 Å². The molecule has 1 N–H and O–H groups in total. The van der Waals surface area contributed by atoms with Crippen molar-refractivity contribution in [2.75, 3.05) is 28.4 Å². The van der Waals surface area contributed by atoms with Crippen LogP contribution in [0.15, 0.2) is 42.5 Å². The molecule has 0 aliphatic carbocycles. The second kappa shape index (κ2) is 9.36. The molecular formula is C20H23NO5. The standard InChI is InChI=1S/C20H23NO5/c1-23-16-7-5-6-14(10-16)8-9-20(22)21-13-15-11-18(25-3)19(26-4)12-17(15)24-2/h5-12H,13H2,1-4H3,(H,21,22)/b9-8+. The van der Waals surface area contributed by atoms with Crippen LogP contribution < -0.4 is 24.3 Å². The van der Waals surface area contributed by atoms with E-state index in [-0.39, 0.29) is 5.91 Å². The highest BCUT2D eigenvalue weighted by Gasteiger charge is 2.12. The number of hydrogen-bond donors (Lipinski definition) is 1. The summed E-state index contributed by atoms with van der Waals surface area (Å²) in [5.74, 6) is 2.27. The second-order valence-electron chi connectivity index (χ2n) is 5.35. The number of carbonyl (C=O) groups is 1. The van der Waals surface area contributed by atoms with E-state index >= 15 is 0 Å². The van der Waals surface area contributed by atoms with Crippen molar-refractivity contribution in [3.05, 3.63) is 53.6 Å². The Labute approximate surface area is 153 Å². The summed E-state index contributed by atoms with van der Waals surface area (Å²) in [6.07, 6.45) is 3.20. The highest BCUT2D eigenvalue weighted by atomic mass is 16.5. The molecule has 0 saturated carbocycles. The van der Waals surface area contributed by atoms with Crippen molar-refractivity contribution in [1.29, 1.82) is 0 Å². The Morgan fingerprint density at radius 2 is 1.62 bits per heavy atom. The summed E-state index contributed by atoms with van der Waals surface area (Å²) in [5, 5.41) is 2.83. The van der Waals surface area contributed by atoms with E-state index in [1.807, 2.05) is 24.3 Å². The third kappa shape index (κ3) is 4.92. The van der Waals surface area contributed by atoms with Gasteiger partial charge in [0.25, 0.3) is 0 Å². The first kappa shape index (κ1) is 19.2. The molecule has 138 valence electrons. The molecule has 0 bridgehead atoms. The molecule has 26 heavy (non-hydrogen) atoms. The SMILES string of the molecule is COc1cccc(/C=C/C(=O)NCc2cc(OC)c(OC)cc2OC)c1. The average Bonchev–Trinajstić information content (AvgIpc) is 2.69. The molecule has 1 amide bonds. The maximum Gasteiger partial charge on any atom is 0.244 e. The zero-order chi connectivity index (χ0) is 18.9. The summed E-state index contributed by atoms with van der Waals surface area (Å²) in [6, 6.07) is 11.0. The van der Waals surface area contributed by atoms with Gasteiger partial charge < -0.3 is 24.3 Å². The van der Waals surface area contributed by atoms with Crippen molar-refractivity contribution in [2.24, 2.45) is 0 Å². The third-order valence-electron chi connectivity index (χ3n) is 3.76. The van der Waals surface area contributed by atoms with Gasteiger partial charge in [-0.3, -0.25) is 4.79 Å². The molecule has 0 radical (unpaired) electrons. The van der Waals surface area contributed by atoms with Gasteiger partial charge in [0.05, 0.1) is 28.4 Å². The van der Waals surface area contributed by atoms with E-state index in [4.69, 9.17) is 18.9 Å². The molecule has 0 fully saturated rings. The van der Waals surface area contributed by atoms with E-state index in [1.165, 1.54) is 6.08 Å². The zero-order valence-electron chi connectivity index (χ0n) is 15.4. The topological polar surface area (TPSA) is 66.0 Å². The fourth-order valence-electron chi connectivity index (χ4n) is 2.39. The lowest BCUT2D eigenvalue weighted by Crippen LogP contribution is -2.20. The van der Waals surface area contributed by atoms with E-state index < -0.39 is 0 Å². The summed E-state index contributed by atoms with van der Waals surface area (Å²) >= 11 is 0. The van der Waals surface area contributed by atoms with E-state index in [0.717, 1.165) is 16.9 Å². The van der Waals surface area contributed by atoms with Crippen LogP contribution >= 0.6 is 0 Å². The van der Waals surface area contributed by atoms with Crippen molar-refractivity contribution >= 4 is 12.0 Å². The van der Waals surface area contributed by atoms with Crippen molar-refractivity contribution in [1.82, 2.24) is 5.32 Å². The number of nitrogens with one attached hydrogen (secondary N) is 1. The lowest BCUT2D eigenvalue weighted by molar-refractivity contribution is -0.116. The number of rotatable bonds is 8. The molecule has 0 saturated heterocycles. The van der Waals surface area contributed by atoms with Crippen LogP contribution in [0.5, 0.6) is 23.0 Å². The number of benzene rings is 2. The predicted molar refractivity (Wildman–Crippen MR) is 100.0 cm³/mol. The number of ether oxygens (including phenoxy) is 4. The van der Waals surface area contributed by atoms with Gasteiger partial charge in [-0.1, -0.05) is 12.1 Å². The first-order valence-electron chi connectivity index (χ1n) is 8.00. The number of carbonyl (C=O) groups excluding carboxylic acids is 1. The highest BCUT2D eigenvalue weighted by Crippen LogP contribution is 2.34. The van der Waals surface area contributed by atoms with Crippen LogP contribution in [0.3, 0.4) is 0 Å². The first-order chi connectivity index (χ1) is 12.6. The van der Waals surface area contributed by atoms with Crippen LogP contribution in [0.1, 0.15) is 11.1 Å². The van der Waals surface area contributed by atoms with Crippen molar-refractivity contribution in [3.63, 3.8) is 0 Å². The Morgan fingerprint density at radius 1 is 0.923 bits per heavy atom. The van der Waals surface area contributed by atoms with E-state index in [1.54, 1.807) is 46.6 Å². The fourth-order valence-corrected chi connectivity index (χ4v) is 2.39. The minimum Gasteiger partial charge on any atom is -0.497 e. The lowest BCUT2D eigenvalue weighted by atomic mass is 10.1. The van der Waals surface area contributed by atoms with E-state index in [2.05, 4.69) is 5.32 Å². The van der Waals surface area contributed by atoms with Gasteiger partial charge in [0.2, 0.25) is 5.91 Å². The van der Waals surface area contributed by atoms with Crippen LogP contribution in [0.25, 0.3) is 6.08 Å². The van der Waals surface area contributed by atoms with Crippen LogP contribution in [0.4, 0.5) is 0 Å². The largest absolute Gasteiger partial charge is 0.497 e. The summed E-state index contributed by atoms with van der Waals surface area (Å²) in [6.45, 7) is 0.296. The Morgan fingerprint density at radius 3 is 2.27 bits per heavy atom. The van der Waals surface area contributed by atoms with Gasteiger partial charge in [-0.2, -0.15) is 0 Å².